The number of aliphatic carboxylic acids is 1. The lowest BCUT2D eigenvalue weighted by atomic mass is 9.97. The van der Waals surface area contributed by atoms with Crippen molar-refractivity contribution in [2.45, 2.75) is 134 Å². The summed E-state index contributed by atoms with van der Waals surface area (Å²) >= 11 is 4.22. The molecule has 25 nitrogen and oxygen atoms in total. The first-order valence-electron chi connectivity index (χ1n) is 21.3. The minimum absolute atomic E-state index is 0.0566. The second kappa shape index (κ2) is 29.8. The van der Waals surface area contributed by atoms with Gasteiger partial charge in [0.2, 0.25) is 41.4 Å². The Bertz CT molecular complexity index is 1730. The molecule has 0 radical (unpaired) electrons. The molecule has 0 bridgehead atoms. The first kappa shape index (κ1) is 57.4. The van der Waals surface area contributed by atoms with Gasteiger partial charge in [0.05, 0.1) is 25.1 Å². The number of carbonyl (C=O) groups excluding carboxylic acids is 7. The molecule has 0 spiro atoms. The Morgan fingerprint density at radius 3 is 1.78 bits per heavy atom. The van der Waals surface area contributed by atoms with Gasteiger partial charge in [0, 0.05) is 30.6 Å². The van der Waals surface area contributed by atoms with Gasteiger partial charge in [-0.25, -0.2) is 9.78 Å². The van der Waals surface area contributed by atoms with Crippen LogP contribution in [0.4, 0.5) is 0 Å². The van der Waals surface area contributed by atoms with Gasteiger partial charge in [-0.1, -0.05) is 34.1 Å². The van der Waals surface area contributed by atoms with E-state index in [1.54, 1.807) is 20.8 Å². The zero-order valence-electron chi connectivity index (χ0n) is 37.5. The highest BCUT2D eigenvalue weighted by atomic mass is 32.1. The van der Waals surface area contributed by atoms with Crippen LogP contribution in [0.5, 0.6) is 0 Å². The van der Waals surface area contributed by atoms with Crippen molar-refractivity contribution >= 4 is 65.9 Å². The van der Waals surface area contributed by atoms with E-state index in [-0.39, 0.29) is 62.8 Å². The Kier molecular flexibility index (Phi) is 26.3. The molecule has 1 aromatic heterocycles. The number of hydrogen-bond acceptors (Lipinski definition) is 15. The molecule has 0 saturated heterocycles. The van der Waals surface area contributed by atoms with E-state index in [0.717, 1.165) is 0 Å². The molecule has 0 unspecified atom stereocenters. The fourth-order valence-electron chi connectivity index (χ4n) is 6.03. The topological polar surface area (TPSA) is 427 Å². The number of hydrogen-bond donors (Lipinski definition) is 16. The van der Waals surface area contributed by atoms with Crippen molar-refractivity contribution in [3.63, 3.8) is 0 Å². The number of rotatable bonds is 31. The first-order valence-corrected chi connectivity index (χ1v) is 22.0. The highest BCUT2D eigenvalue weighted by Gasteiger charge is 2.36. The number of nitrogens with zero attached hydrogens (tertiary/aromatic N) is 2. The number of guanidine groups is 1. The van der Waals surface area contributed by atoms with Crippen molar-refractivity contribution < 1.29 is 53.7 Å². The van der Waals surface area contributed by atoms with Gasteiger partial charge in [-0.3, -0.25) is 38.6 Å². The van der Waals surface area contributed by atoms with Gasteiger partial charge in [-0.15, -0.1) is 0 Å². The van der Waals surface area contributed by atoms with Crippen LogP contribution in [-0.4, -0.2) is 158 Å². The van der Waals surface area contributed by atoms with Crippen molar-refractivity contribution in [3.8, 4) is 0 Å². The van der Waals surface area contributed by atoms with Crippen LogP contribution in [0.15, 0.2) is 17.5 Å². The van der Waals surface area contributed by atoms with Crippen LogP contribution in [0.25, 0.3) is 0 Å². The summed E-state index contributed by atoms with van der Waals surface area (Å²) < 4.78 is 0. The van der Waals surface area contributed by atoms with E-state index in [9.17, 15) is 53.7 Å². The van der Waals surface area contributed by atoms with Crippen molar-refractivity contribution in [3.05, 3.63) is 18.2 Å². The van der Waals surface area contributed by atoms with Gasteiger partial charge in [0.1, 0.15) is 42.3 Å². The number of amides is 7. The molecule has 0 aliphatic carbocycles. The fraction of sp³-hybridized carbons (Fsp3) is 0.692. The van der Waals surface area contributed by atoms with Gasteiger partial charge in [0.15, 0.2) is 5.96 Å². The molecule has 19 N–H and O–H groups in total. The molecule has 0 aliphatic heterocycles. The Morgan fingerprint density at radius 1 is 0.738 bits per heavy atom. The highest BCUT2D eigenvalue weighted by molar-refractivity contribution is 7.80. The zero-order chi connectivity index (χ0) is 49.4. The first-order chi connectivity index (χ1) is 30.6. The lowest BCUT2D eigenvalue weighted by Gasteiger charge is -2.28. The summed E-state index contributed by atoms with van der Waals surface area (Å²) in [7, 11) is 0. The largest absolute Gasteiger partial charge is 0.480 e. The zero-order valence-corrected chi connectivity index (χ0v) is 38.4. The number of carboxylic acids is 1. The van der Waals surface area contributed by atoms with Crippen molar-refractivity contribution in [1.29, 1.82) is 0 Å². The molecule has 26 heteroatoms. The number of unbranched alkanes of at least 4 members (excludes halogenated alkanes) is 1. The van der Waals surface area contributed by atoms with E-state index in [1.807, 2.05) is 6.92 Å². The number of imidazole rings is 1. The molecule has 0 saturated carbocycles. The molecular formula is C39H70N14O11S. The van der Waals surface area contributed by atoms with E-state index in [4.69, 9.17) is 22.9 Å². The average Bonchev–Trinajstić information content (AvgIpc) is 3.77. The molecule has 368 valence electrons. The van der Waals surface area contributed by atoms with Crippen LogP contribution in [0.1, 0.15) is 78.8 Å². The molecule has 10 atom stereocenters. The van der Waals surface area contributed by atoms with Crippen LogP contribution in [0.3, 0.4) is 0 Å². The minimum Gasteiger partial charge on any atom is -0.480 e. The van der Waals surface area contributed by atoms with Gasteiger partial charge in [-0.2, -0.15) is 12.6 Å². The Hall–Kier alpha value is -5.57. The van der Waals surface area contributed by atoms with Gasteiger partial charge in [-0.05, 0) is 57.4 Å². The summed E-state index contributed by atoms with van der Waals surface area (Å²) in [4.78, 5) is 117. The van der Waals surface area contributed by atoms with Gasteiger partial charge >= 0.3 is 5.97 Å². The molecule has 65 heavy (non-hydrogen) atoms. The highest BCUT2D eigenvalue weighted by Crippen LogP contribution is 2.10. The molecule has 1 rings (SSSR count). The van der Waals surface area contributed by atoms with E-state index in [2.05, 4.69) is 64.8 Å². The Morgan fingerprint density at radius 2 is 1.26 bits per heavy atom. The predicted molar refractivity (Wildman–Crippen MR) is 241 cm³/mol. The second-order valence-corrected chi connectivity index (χ2v) is 16.3. The maximum atomic E-state index is 13.8. The third kappa shape index (κ3) is 20.4. The van der Waals surface area contributed by atoms with E-state index in [0.29, 0.717) is 18.5 Å². The number of aliphatic hydroxyl groups is 2. The molecule has 1 aromatic rings. The van der Waals surface area contributed by atoms with Crippen molar-refractivity contribution in [1.82, 2.24) is 47.2 Å². The summed E-state index contributed by atoms with van der Waals surface area (Å²) in [5.41, 5.74) is 22.6. The van der Waals surface area contributed by atoms with Crippen LogP contribution in [-0.2, 0) is 44.8 Å². The second-order valence-electron chi connectivity index (χ2n) is 15.9. The third-order valence-electron chi connectivity index (χ3n) is 10.3. The van der Waals surface area contributed by atoms with Crippen molar-refractivity contribution in [2.24, 2.45) is 39.8 Å². The molecule has 1 heterocycles. The maximum absolute atomic E-state index is 13.8. The number of nitrogens with two attached hydrogens (primary N) is 4. The van der Waals surface area contributed by atoms with E-state index in [1.165, 1.54) is 19.4 Å². The lowest BCUT2D eigenvalue weighted by molar-refractivity contribution is -0.143. The van der Waals surface area contributed by atoms with Crippen LogP contribution in [0.2, 0.25) is 0 Å². The third-order valence-corrected chi connectivity index (χ3v) is 10.6. The normalized spacial score (nSPS) is 15.8. The molecule has 0 aromatic carbocycles. The van der Waals surface area contributed by atoms with Crippen molar-refractivity contribution in [2.75, 3.05) is 25.4 Å². The number of nitrogens with one attached hydrogen (secondary N) is 8. The summed E-state index contributed by atoms with van der Waals surface area (Å²) in [6.07, 6.45) is 2.26. The summed E-state index contributed by atoms with van der Waals surface area (Å²) in [6, 6.07) is -11.0. The van der Waals surface area contributed by atoms with Crippen LogP contribution < -0.4 is 60.2 Å². The number of H-pyrrole nitrogens is 1. The van der Waals surface area contributed by atoms with Crippen LogP contribution >= 0.6 is 12.6 Å². The fourth-order valence-corrected chi connectivity index (χ4v) is 6.29. The Labute approximate surface area is 383 Å². The quantitative estimate of drug-likeness (QED) is 0.0143. The summed E-state index contributed by atoms with van der Waals surface area (Å²) in [6.45, 7) is 7.53. The number of thiol groups is 1. The van der Waals surface area contributed by atoms with Gasteiger partial charge in [0.25, 0.3) is 0 Å². The standard InChI is InChI=1S/C39H70N14O11S/c1-6-20(4)28(41)35(60)52-29(19(2)3)36(61)51-27(17-65)34(59)49-25(14-22-15-44-18-46-22)32(57)50-26(16-54)33(58)47-23(10-7-8-12-40)31(56)53-30(21(5)55)37(62)48-24(38(63)64)11-9-13-45-39(42)43/h15,18-21,23-30,54-55,65H,6-14,16-17,40-41H2,1-5H3,(H,44,46)(H,47,58)(H,48,62)(H,49,59)(H,50,57)(H,51,61)(H,52,60)(H,53,56)(H,63,64)(H4,42,43,45)/t20-,21+,23+,24+,25+,26-,27-,28-,29-,30-/m0/s1. The predicted octanol–water partition coefficient (Wildman–Crippen LogP) is -5.05. The molecule has 0 fully saturated rings. The molecule has 7 amide bonds. The smallest absolute Gasteiger partial charge is 0.326 e. The summed E-state index contributed by atoms with van der Waals surface area (Å²) in [5, 5.41) is 47.5. The number of aromatic nitrogens is 2. The van der Waals surface area contributed by atoms with Gasteiger partial charge < -0.3 is 80.5 Å². The minimum atomic E-state index is -1.71. The molecule has 0 aliphatic rings. The lowest BCUT2D eigenvalue weighted by Crippen LogP contribution is -2.62. The number of carboxylic acid groups (broad SMARTS) is 1. The molecular weight excluding hydrogens is 873 g/mol. The van der Waals surface area contributed by atoms with Crippen LogP contribution in [0, 0.1) is 11.8 Å². The van der Waals surface area contributed by atoms with E-state index >= 15 is 0 Å². The Balaban J connectivity index is 3.26. The maximum Gasteiger partial charge on any atom is 0.326 e. The SMILES string of the molecule is CC[C@H](C)[C@H](N)C(=O)N[C@H](C(=O)N[C@@H](CS)C(=O)N[C@H](Cc1cnc[nH]1)C(=O)N[C@@H](CO)C(=O)N[C@H](CCCCN)C(=O)N[C@H](C(=O)N[C@H](CCCN=C(N)N)C(=O)O)[C@@H](C)O)C(C)C. The summed E-state index contributed by atoms with van der Waals surface area (Å²) in [5.74, 6) is -8.61. The number of aliphatic hydroxyl groups excluding tert-OH is 2. The van der Waals surface area contributed by atoms with E-state index < -0.39 is 114 Å². The number of aliphatic imine (C=N–C) groups is 1. The average molecular weight is 943 g/mol. The monoisotopic (exact) mass is 943 g/mol. The number of aromatic amines is 1. The number of carbonyl (C=O) groups is 8.